The maximum absolute atomic E-state index is 10.8. The number of thioether (sulfide) groups is 1. The lowest BCUT2D eigenvalue weighted by molar-refractivity contribution is -0.148. The Hall–Kier alpha value is -1.00. The first-order valence-electron chi connectivity index (χ1n) is 5.24. The van der Waals surface area contributed by atoms with Crippen LogP contribution in [0.25, 0.3) is 0 Å². The highest BCUT2D eigenvalue weighted by atomic mass is 32.2. The van der Waals surface area contributed by atoms with Gasteiger partial charge in [0.25, 0.3) is 0 Å². The molecule has 1 aliphatic heterocycles. The molecule has 0 spiro atoms. The van der Waals surface area contributed by atoms with Crippen LogP contribution in [0, 0.1) is 6.92 Å². The number of fused-ring (bicyclic) bond motifs is 1. The number of hydrogen-bond donors (Lipinski definition) is 2. The maximum Gasteiger partial charge on any atom is 0.333 e. The minimum atomic E-state index is -1.29. The number of carboxylic acid groups (broad SMARTS) is 1. The molecule has 2 rings (SSSR count). The van der Waals surface area contributed by atoms with E-state index in [1.165, 1.54) is 0 Å². The summed E-state index contributed by atoms with van der Waals surface area (Å²) in [6, 6.07) is 6.01. The van der Waals surface area contributed by atoms with Gasteiger partial charge in [0, 0.05) is 10.8 Å². The third-order valence-corrected chi connectivity index (χ3v) is 4.01. The van der Waals surface area contributed by atoms with E-state index < -0.39 is 12.1 Å². The van der Waals surface area contributed by atoms with Gasteiger partial charge in [-0.25, -0.2) is 4.79 Å². The van der Waals surface area contributed by atoms with Crippen molar-refractivity contribution in [3.63, 3.8) is 0 Å². The van der Waals surface area contributed by atoms with Crippen molar-refractivity contribution in [2.24, 2.45) is 0 Å². The van der Waals surface area contributed by atoms with E-state index in [2.05, 4.69) is 0 Å². The molecule has 0 aliphatic carbocycles. The van der Waals surface area contributed by atoms with Crippen LogP contribution >= 0.6 is 11.8 Å². The van der Waals surface area contributed by atoms with E-state index in [0.29, 0.717) is 6.42 Å². The molecule has 0 saturated heterocycles. The Bertz CT molecular complexity index is 417. The quantitative estimate of drug-likeness (QED) is 0.827. The third-order valence-electron chi connectivity index (χ3n) is 2.89. The summed E-state index contributed by atoms with van der Waals surface area (Å²) in [5, 5.41) is 18.6. The molecule has 2 unspecified atom stereocenters. The van der Waals surface area contributed by atoms with Crippen molar-refractivity contribution < 1.29 is 15.0 Å². The fourth-order valence-electron chi connectivity index (χ4n) is 2.04. The summed E-state index contributed by atoms with van der Waals surface area (Å²) in [5.41, 5.74) is 2.08. The van der Waals surface area contributed by atoms with Crippen LogP contribution in [0.3, 0.4) is 0 Å². The average Bonchev–Trinajstić information content (AvgIpc) is 2.27. The Morgan fingerprint density at radius 2 is 2.31 bits per heavy atom. The molecular formula is C12H14O3S. The van der Waals surface area contributed by atoms with E-state index in [0.717, 1.165) is 21.8 Å². The van der Waals surface area contributed by atoms with Gasteiger partial charge in [0.1, 0.15) is 0 Å². The summed E-state index contributed by atoms with van der Waals surface area (Å²) in [5.74, 6) is -0.538. The summed E-state index contributed by atoms with van der Waals surface area (Å²) >= 11 is 1.73. The fourth-order valence-corrected chi connectivity index (χ4v) is 3.17. The van der Waals surface area contributed by atoms with Crippen LogP contribution in [0.2, 0.25) is 0 Å². The Labute approximate surface area is 98.5 Å². The predicted molar refractivity (Wildman–Crippen MR) is 62.9 cm³/mol. The number of aliphatic hydroxyl groups excluding tert-OH is 1. The number of hydrogen-bond acceptors (Lipinski definition) is 3. The van der Waals surface area contributed by atoms with Crippen LogP contribution in [-0.4, -0.2) is 28.0 Å². The standard InChI is InChI=1S/C12H14O3S/c1-7-2-3-10-9(6-7)8(4-5-16-10)11(13)12(14)15/h2-3,6,8,11,13H,4-5H2,1H3,(H,14,15). The van der Waals surface area contributed by atoms with Crippen LogP contribution in [0.4, 0.5) is 0 Å². The van der Waals surface area contributed by atoms with Gasteiger partial charge in [-0.2, -0.15) is 0 Å². The zero-order chi connectivity index (χ0) is 11.7. The molecule has 1 aromatic rings. The topological polar surface area (TPSA) is 57.5 Å². The molecule has 2 N–H and O–H groups in total. The van der Waals surface area contributed by atoms with Gasteiger partial charge in [-0.1, -0.05) is 17.7 Å². The van der Waals surface area contributed by atoms with E-state index >= 15 is 0 Å². The van der Waals surface area contributed by atoms with Crippen molar-refractivity contribution in [2.45, 2.75) is 30.3 Å². The van der Waals surface area contributed by atoms with Gasteiger partial charge in [0.2, 0.25) is 0 Å². The van der Waals surface area contributed by atoms with Gasteiger partial charge in [-0.15, -0.1) is 11.8 Å². The van der Waals surface area contributed by atoms with Gasteiger partial charge in [0.15, 0.2) is 6.10 Å². The second-order valence-corrected chi connectivity index (χ2v) is 5.20. The van der Waals surface area contributed by atoms with Gasteiger partial charge in [-0.3, -0.25) is 0 Å². The van der Waals surface area contributed by atoms with Crippen molar-refractivity contribution in [3.05, 3.63) is 29.3 Å². The highest BCUT2D eigenvalue weighted by Crippen LogP contribution is 2.39. The van der Waals surface area contributed by atoms with Crippen LogP contribution < -0.4 is 0 Å². The van der Waals surface area contributed by atoms with Gasteiger partial charge >= 0.3 is 5.97 Å². The molecule has 0 saturated carbocycles. The summed E-state index contributed by atoms with van der Waals surface area (Å²) < 4.78 is 0. The van der Waals surface area contributed by atoms with Gasteiger partial charge < -0.3 is 10.2 Å². The maximum atomic E-state index is 10.8. The molecule has 1 aliphatic rings. The minimum absolute atomic E-state index is 0.270. The van der Waals surface area contributed by atoms with Crippen molar-refractivity contribution in [1.29, 1.82) is 0 Å². The largest absolute Gasteiger partial charge is 0.479 e. The predicted octanol–water partition coefficient (Wildman–Crippen LogP) is 2.02. The molecular weight excluding hydrogens is 224 g/mol. The van der Waals surface area contributed by atoms with E-state index in [1.807, 2.05) is 25.1 Å². The first kappa shape index (κ1) is 11.5. The first-order chi connectivity index (χ1) is 7.59. The molecule has 1 heterocycles. The van der Waals surface area contributed by atoms with Crippen molar-refractivity contribution in [3.8, 4) is 0 Å². The van der Waals surface area contributed by atoms with E-state index in [-0.39, 0.29) is 5.92 Å². The fraction of sp³-hybridized carbons (Fsp3) is 0.417. The Morgan fingerprint density at radius 1 is 1.56 bits per heavy atom. The van der Waals surface area contributed by atoms with Crippen molar-refractivity contribution in [1.82, 2.24) is 0 Å². The number of aliphatic carboxylic acids is 1. The third kappa shape index (κ3) is 2.08. The molecule has 2 atom stereocenters. The van der Waals surface area contributed by atoms with Crippen LogP contribution in [-0.2, 0) is 4.79 Å². The van der Waals surface area contributed by atoms with Crippen LogP contribution in [0.1, 0.15) is 23.5 Å². The number of carboxylic acids is 1. The lowest BCUT2D eigenvalue weighted by Crippen LogP contribution is -2.29. The number of carbonyl (C=O) groups is 1. The number of benzene rings is 1. The van der Waals surface area contributed by atoms with E-state index in [1.54, 1.807) is 11.8 Å². The zero-order valence-electron chi connectivity index (χ0n) is 9.01. The van der Waals surface area contributed by atoms with Crippen LogP contribution in [0.15, 0.2) is 23.1 Å². The molecule has 0 amide bonds. The molecule has 4 heteroatoms. The minimum Gasteiger partial charge on any atom is -0.479 e. The number of rotatable bonds is 2. The van der Waals surface area contributed by atoms with Crippen molar-refractivity contribution >= 4 is 17.7 Å². The lowest BCUT2D eigenvalue weighted by atomic mass is 9.89. The summed E-state index contributed by atoms with van der Waals surface area (Å²) in [4.78, 5) is 11.9. The Morgan fingerprint density at radius 3 is 3.00 bits per heavy atom. The summed E-state index contributed by atoms with van der Waals surface area (Å²) in [6.07, 6.45) is -0.573. The SMILES string of the molecule is Cc1ccc2c(c1)C(C(O)C(=O)O)CCS2. The highest BCUT2D eigenvalue weighted by Gasteiger charge is 2.31. The molecule has 0 radical (unpaired) electrons. The molecule has 86 valence electrons. The summed E-state index contributed by atoms with van der Waals surface area (Å²) in [6.45, 7) is 1.98. The number of aliphatic hydroxyl groups is 1. The Kier molecular flexibility index (Phi) is 3.21. The molecule has 16 heavy (non-hydrogen) atoms. The van der Waals surface area contributed by atoms with E-state index in [4.69, 9.17) is 5.11 Å². The monoisotopic (exact) mass is 238 g/mol. The number of aryl methyl sites for hydroxylation is 1. The molecule has 3 nitrogen and oxygen atoms in total. The molecule has 0 bridgehead atoms. The zero-order valence-corrected chi connectivity index (χ0v) is 9.83. The lowest BCUT2D eigenvalue weighted by Gasteiger charge is -2.27. The average molecular weight is 238 g/mol. The van der Waals surface area contributed by atoms with Crippen molar-refractivity contribution in [2.75, 3.05) is 5.75 Å². The molecule has 1 aromatic carbocycles. The highest BCUT2D eigenvalue weighted by molar-refractivity contribution is 7.99. The smallest absolute Gasteiger partial charge is 0.333 e. The molecule has 0 fully saturated rings. The van der Waals surface area contributed by atoms with E-state index in [9.17, 15) is 9.90 Å². The summed E-state index contributed by atoms with van der Waals surface area (Å²) in [7, 11) is 0. The van der Waals surface area contributed by atoms with Crippen LogP contribution in [0.5, 0.6) is 0 Å². The second kappa shape index (κ2) is 4.47. The van der Waals surface area contributed by atoms with Gasteiger partial charge in [-0.05, 0) is 30.7 Å². The van der Waals surface area contributed by atoms with Gasteiger partial charge in [0.05, 0.1) is 0 Å². The first-order valence-corrected chi connectivity index (χ1v) is 6.22. The normalized spacial score (nSPS) is 21.2. The Balaban J connectivity index is 2.38. The second-order valence-electron chi connectivity index (χ2n) is 4.07. The molecule has 0 aromatic heterocycles.